The van der Waals surface area contributed by atoms with E-state index in [2.05, 4.69) is 54.2 Å². The van der Waals surface area contributed by atoms with E-state index < -0.39 is 0 Å². The van der Waals surface area contributed by atoms with Crippen molar-refractivity contribution in [2.75, 3.05) is 7.11 Å². The van der Waals surface area contributed by atoms with Gasteiger partial charge in [0.15, 0.2) is 11.5 Å². The van der Waals surface area contributed by atoms with Crippen molar-refractivity contribution in [1.82, 2.24) is 0 Å². The van der Waals surface area contributed by atoms with Crippen LogP contribution in [0.4, 0.5) is 0 Å². The highest BCUT2D eigenvalue weighted by atomic mass is 16.5. The maximum Gasteiger partial charge on any atom is 0.167 e. The predicted molar refractivity (Wildman–Crippen MR) is 107 cm³/mol. The van der Waals surface area contributed by atoms with E-state index in [4.69, 9.17) is 4.74 Å². The number of hydrogen-bond acceptors (Lipinski definition) is 3. The molecule has 1 aromatic carbocycles. The lowest BCUT2D eigenvalue weighted by Gasteiger charge is -2.29. The molecule has 0 radical (unpaired) electrons. The van der Waals surface area contributed by atoms with Crippen molar-refractivity contribution in [2.24, 2.45) is 5.41 Å². The van der Waals surface area contributed by atoms with Crippen molar-refractivity contribution in [2.45, 2.75) is 66.7 Å². The van der Waals surface area contributed by atoms with Crippen molar-refractivity contribution < 1.29 is 14.9 Å². The molecule has 0 unspecified atom stereocenters. The Morgan fingerprint density at radius 2 is 1.68 bits per heavy atom. The number of rotatable bonds is 6. The fraction of sp³-hybridized carbons (Fsp3) is 0.545. The topological polar surface area (TPSA) is 49.7 Å². The van der Waals surface area contributed by atoms with Crippen molar-refractivity contribution in [1.29, 1.82) is 0 Å². The molecule has 0 aliphatic heterocycles. The number of aromatic hydroxyl groups is 2. The lowest BCUT2D eigenvalue weighted by Crippen LogP contribution is -2.19. The molecule has 0 saturated carbocycles. The van der Waals surface area contributed by atoms with Crippen LogP contribution < -0.4 is 4.74 Å². The number of hydrogen-bond donors (Lipinski definition) is 2. The van der Waals surface area contributed by atoms with E-state index in [-0.39, 0.29) is 22.3 Å². The van der Waals surface area contributed by atoms with Gasteiger partial charge < -0.3 is 14.9 Å². The molecule has 0 spiro atoms. The first-order valence-corrected chi connectivity index (χ1v) is 8.76. The molecule has 1 rings (SSSR count). The molecule has 140 valence electrons. The first kappa shape index (κ1) is 21.1. The molecule has 0 aliphatic rings. The van der Waals surface area contributed by atoms with Crippen molar-refractivity contribution in [3.63, 3.8) is 0 Å². The minimum atomic E-state index is -0.360. The Hall–Kier alpha value is -1.90. The average molecular weight is 347 g/mol. The summed E-state index contributed by atoms with van der Waals surface area (Å²) in [7, 11) is 1.48. The summed E-state index contributed by atoms with van der Waals surface area (Å²) in [4.78, 5) is 0. The molecule has 0 bridgehead atoms. The Balaban J connectivity index is 3.39. The molecule has 3 nitrogen and oxygen atoms in total. The van der Waals surface area contributed by atoms with Gasteiger partial charge in [-0.15, -0.1) is 0 Å². The Kier molecular flexibility index (Phi) is 6.39. The largest absolute Gasteiger partial charge is 0.507 e. The molecule has 0 atom stereocenters. The monoisotopic (exact) mass is 346 g/mol. The van der Waals surface area contributed by atoms with Crippen LogP contribution in [-0.2, 0) is 5.41 Å². The Bertz CT molecular complexity index is 674. The summed E-state index contributed by atoms with van der Waals surface area (Å²) in [6.07, 6.45) is 5.60. The van der Waals surface area contributed by atoms with Crippen LogP contribution in [-0.4, -0.2) is 17.3 Å². The number of phenolic OH excluding ortho intramolecular Hbond substituents is 2. The van der Waals surface area contributed by atoms with Crippen LogP contribution in [0.5, 0.6) is 17.2 Å². The van der Waals surface area contributed by atoms with Crippen LogP contribution in [0.25, 0.3) is 6.08 Å². The number of methoxy groups -OCH3 is 1. The van der Waals surface area contributed by atoms with E-state index in [1.54, 1.807) is 13.0 Å². The fourth-order valence-corrected chi connectivity index (χ4v) is 3.41. The highest BCUT2D eigenvalue weighted by molar-refractivity contribution is 5.72. The van der Waals surface area contributed by atoms with Gasteiger partial charge in [0, 0.05) is 16.7 Å². The SMILES string of the molecule is C=Cc1c(O)c(OC)c(C)c(O)c1C(C)(C)CC=C(C)CC(C)(C)C. The normalized spacial score (nSPS) is 13.0. The van der Waals surface area contributed by atoms with Gasteiger partial charge in [0.1, 0.15) is 5.75 Å². The molecule has 0 saturated heterocycles. The Morgan fingerprint density at radius 1 is 1.12 bits per heavy atom. The zero-order valence-electron chi connectivity index (χ0n) is 17.1. The second kappa shape index (κ2) is 7.55. The molecule has 0 fully saturated rings. The summed E-state index contributed by atoms with van der Waals surface area (Å²) in [5.74, 6) is 0.495. The summed E-state index contributed by atoms with van der Waals surface area (Å²) >= 11 is 0. The van der Waals surface area contributed by atoms with Crippen LogP contribution in [0.15, 0.2) is 18.2 Å². The Labute approximate surface area is 153 Å². The number of allylic oxidation sites excluding steroid dienone is 2. The van der Waals surface area contributed by atoms with Crippen molar-refractivity contribution in [3.8, 4) is 17.2 Å². The molecule has 0 amide bonds. The first-order valence-electron chi connectivity index (χ1n) is 8.76. The second-order valence-corrected chi connectivity index (χ2v) is 8.72. The summed E-state index contributed by atoms with van der Waals surface area (Å²) < 4.78 is 5.25. The van der Waals surface area contributed by atoms with Crippen LogP contribution >= 0.6 is 0 Å². The van der Waals surface area contributed by atoms with E-state index in [9.17, 15) is 10.2 Å². The third-order valence-corrected chi connectivity index (χ3v) is 4.53. The molecule has 1 aromatic rings. The van der Waals surface area contributed by atoms with Crippen LogP contribution in [0.1, 0.15) is 71.1 Å². The molecule has 2 N–H and O–H groups in total. The number of phenols is 2. The number of benzene rings is 1. The van der Waals surface area contributed by atoms with Gasteiger partial charge in [0.25, 0.3) is 0 Å². The molecule has 25 heavy (non-hydrogen) atoms. The van der Waals surface area contributed by atoms with Gasteiger partial charge >= 0.3 is 0 Å². The standard InChI is InChI=1S/C22H34O3/c1-10-16-17(18(23)15(3)20(25-9)19(16)24)22(7,8)12-11-14(2)13-21(4,5)6/h10-11,23-24H,1,12-13H2,2-9H3. The quantitative estimate of drug-likeness (QED) is 0.483. The van der Waals surface area contributed by atoms with Crippen LogP contribution in [0, 0.1) is 12.3 Å². The van der Waals surface area contributed by atoms with Crippen molar-refractivity contribution in [3.05, 3.63) is 34.9 Å². The van der Waals surface area contributed by atoms with E-state index in [0.717, 1.165) is 12.8 Å². The van der Waals surface area contributed by atoms with Gasteiger partial charge in [-0.25, -0.2) is 0 Å². The van der Waals surface area contributed by atoms with E-state index in [0.29, 0.717) is 22.4 Å². The molecule has 0 heterocycles. The number of ether oxygens (including phenoxy) is 1. The van der Waals surface area contributed by atoms with Gasteiger partial charge in [-0.2, -0.15) is 0 Å². The summed E-state index contributed by atoms with van der Waals surface area (Å²) in [6.45, 7) is 18.5. The van der Waals surface area contributed by atoms with Crippen LogP contribution in [0.3, 0.4) is 0 Å². The zero-order valence-corrected chi connectivity index (χ0v) is 17.1. The first-order chi connectivity index (χ1) is 11.4. The smallest absolute Gasteiger partial charge is 0.167 e. The second-order valence-electron chi connectivity index (χ2n) is 8.72. The van der Waals surface area contributed by atoms with Crippen molar-refractivity contribution >= 4 is 6.08 Å². The third-order valence-electron chi connectivity index (χ3n) is 4.53. The lowest BCUT2D eigenvalue weighted by atomic mass is 9.76. The maximum absolute atomic E-state index is 10.8. The minimum absolute atomic E-state index is 0.0336. The van der Waals surface area contributed by atoms with E-state index in [1.807, 2.05) is 0 Å². The zero-order chi connectivity index (χ0) is 19.6. The minimum Gasteiger partial charge on any atom is -0.507 e. The molecular weight excluding hydrogens is 312 g/mol. The van der Waals surface area contributed by atoms with Gasteiger partial charge in [0.2, 0.25) is 0 Å². The molecule has 0 aromatic heterocycles. The maximum atomic E-state index is 10.8. The average Bonchev–Trinajstić information content (AvgIpc) is 2.47. The summed E-state index contributed by atoms with van der Waals surface area (Å²) in [5, 5.41) is 21.3. The van der Waals surface area contributed by atoms with Gasteiger partial charge in [-0.05, 0) is 37.5 Å². The van der Waals surface area contributed by atoms with Crippen LogP contribution in [0.2, 0.25) is 0 Å². The highest BCUT2D eigenvalue weighted by Gasteiger charge is 2.31. The predicted octanol–water partition coefficient (Wildman–Crippen LogP) is 6.11. The Morgan fingerprint density at radius 3 is 2.12 bits per heavy atom. The lowest BCUT2D eigenvalue weighted by molar-refractivity contribution is 0.358. The molecular formula is C22H34O3. The molecule has 0 aliphatic carbocycles. The summed E-state index contributed by atoms with van der Waals surface area (Å²) in [6, 6.07) is 0. The van der Waals surface area contributed by atoms with Gasteiger partial charge in [-0.3, -0.25) is 0 Å². The van der Waals surface area contributed by atoms with Gasteiger partial charge in [0.05, 0.1) is 7.11 Å². The fourth-order valence-electron chi connectivity index (χ4n) is 3.41. The summed E-state index contributed by atoms with van der Waals surface area (Å²) in [5.41, 5.74) is 3.00. The highest BCUT2D eigenvalue weighted by Crippen LogP contribution is 2.48. The molecule has 3 heteroatoms. The van der Waals surface area contributed by atoms with Gasteiger partial charge in [-0.1, -0.05) is 58.9 Å². The third kappa shape index (κ3) is 4.81. The van der Waals surface area contributed by atoms with E-state index in [1.165, 1.54) is 12.7 Å². The van der Waals surface area contributed by atoms with E-state index >= 15 is 0 Å².